The zero-order chi connectivity index (χ0) is 27.1. The third-order valence-corrected chi connectivity index (χ3v) is 7.75. The minimum absolute atomic E-state index is 0.0314. The van der Waals surface area contributed by atoms with Crippen LogP contribution < -0.4 is 4.74 Å². The Morgan fingerprint density at radius 2 is 1.77 bits per heavy atom. The van der Waals surface area contributed by atoms with Crippen LogP contribution in [0.25, 0.3) is 16.6 Å². The van der Waals surface area contributed by atoms with Crippen LogP contribution in [-0.4, -0.2) is 93.0 Å². The number of thiazole rings is 1. The van der Waals surface area contributed by atoms with Crippen molar-refractivity contribution >= 4 is 34.1 Å². The summed E-state index contributed by atoms with van der Waals surface area (Å²) in [5, 5.41) is 7.31. The number of rotatable bonds is 5. The summed E-state index contributed by atoms with van der Waals surface area (Å²) in [5.74, 6) is -0.453. The molecule has 2 aromatic carbocycles. The number of nitrogens with zero attached hydrogens (tertiary/aromatic N) is 6. The van der Waals surface area contributed by atoms with Crippen molar-refractivity contribution in [3.8, 4) is 11.4 Å². The maximum Gasteiger partial charge on any atom is 0.573 e. The molecule has 2 amide bonds. The lowest BCUT2D eigenvalue weighted by Gasteiger charge is -2.48. The van der Waals surface area contributed by atoms with Crippen LogP contribution in [-0.2, 0) is 0 Å². The number of piperazine rings is 1. The number of hydrogen-bond acceptors (Lipinski definition) is 7. The molecule has 0 bridgehead atoms. The number of carbonyl (C=O) groups excluding carboxylic acids is 2. The SMILES string of the molecule is O=C(c1ccc2c(cnn2-c2cccc(OC(F)(F)F)c2)c1)N1CC(N2CCN(C(=O)c3nccs3)CC2)C1. The zero-order valence-corrected chi connectivity index (χ0v) is 21.4. The van der Waals surface area contributed by atoms with E-state index in [1.165, 1.54) is 34.2 Å². The molecule has 0 saturated carbocycles. The van der Waals surface area contributed by atoms with Crippen molar-refractivity contribution in [1.29, 1.82) is 0 Å². The van der Waals surface area contributed by atoms with E-state index < -0.39 is 6.36 Å². The van der Waals surface area contributed by atoms with Gasteiger partial charge in [0, 0.05) is 73.9 Å². The van der Waals surface area contributed by atoms with Crippen molar-refractivity contribution in [2.75, 3.05) is 39.3 Å². The van der Waals surface area contributed by atoms with Gasteiger partial charge in [-0.25, -0.2) is 9.67 Å². The smallest absolute Gasteiger partial charge is 0.406 e. The number of alkyl halides is 3. The third-order valence-electron chi connectivity index (χ3n) is 6.99. The molecule has 0 radical (unpaired) electrons. The summed E-state index contributed by atoms with van der Waals surface area (Å²) in [7, 11) is 0. The van der Waals surface area contributed by atoms with Gasteiger partial charge in [-0.05, 0) is 30.3 Å². The number of aromatic nitrogens is 3. The first-order chi connectivity index (χ1) is 18.7. The number of ether oxygens (including phenoxy) is 1. The monoisotopic (exact) mass is 556 g/mol. The highest BCUT2D eigenvalue weighted by molar-refractivity contribution is 7.11. The largest absolute Gasteiger partial charge is 0.573 e. The molecule has 0 spiro atoms. The summed E-state index contributed by atoms with van der Waals surface area (Å²) in [6.45, 7) is 4.00. The van der Waals surface area contributed by atoms with E-state index >= 15 is 0 Å². The van der Waals surface area contributed by atoms with Crippen molar-refractivity contribution in [3.63, 3.8) is 0 Å². The minimum atomic E-state index is -4.79. The number of benzene rings is 2. The van der Waals surface area contributed by atoms with Crippen molar-refractivity contribution in [1.82, 2.24) is 29.5 Å². The van der Waals surface area contributed by atoms with Gasteiger partial charge in [-0.3, -0.25) is 14.5 Å². The van der Waals surface area contributed by atoms with Crippen LogP contribution in [0.1, 0.15) is 20.2 Å². The molecule has 2 aliphatic heterocycles. The topological polar surface area (TPSA) is 83.8 Å². The van der Waals surface area contributed by atoms with Gasteiger partial charge in [-0.2, -0.15) is 5.10 Å². The molecule has 9 nitrogen and oxygen atoms in total. The van der Waals surface area contributed by atoms with Crippen LogP contribution in [0.3, 0.4) is 0 Å². The molecule has 4 aromatic rings. The molecule has 2 aliphatic rings. The minimum Gasteiger partial charge on any atom is -0.406 e. The van der Waals surface area contributed by atoms with E-state index in [1.807, 2.05) is 4.90 Å². The molecule has 2 fully saturated rings. The van der Waals surface area contributed by atoms with Crippen molar-refractivity contribution < 1.29 is 27.5 Å². The molecule has 0 unspecified atom stereocenters. The van der Waals surface area contributed by atoms with Crippen molar-refractivity contribution in [3.05, 3.63) is 70.8 Å². The quantitative estimate of drug-likeness (QED) is 0.373. The maximum absolute atomic E-state index is 13.1. The fourth-order valence-corrected chi connectivity index (χ4v) is 5.58. The lowest BCUT2D eigenvalue weighted by Crippen LogP contribution is -2.64. The first kappa shape index (κ1) is 25.3. The Balaban J connectivity index is 1.07. The molecule has 2 aromatic heterocycles. The van der Waals surface area contributed by atoms with Gasteiger partial charge >= 0.3 is 6.36 Å². The van der Waals surface area contributed by atoms with Crippen LogP contribution in [0.2, 0.25) is 0 Å². The zero-order valence-electron chi connectivity index (χ0n) is 20.5. The van der Waals surface area contributed by atoms with Crippen LogP contribution in [0.15, 0.2) is 60.2 Å². The van der Waals surface area contributed by atoms with Crippen LogP contribution >= 0.6 is 11.3 Å². The average Bonchev–Trinajstić information content (AvgIpc) is 3.57. The average molecular weight is 557 g/mol. The molecule has 0 N–H and O–H groups in total. The Morgan fingerprint density at radius 3 is 2.49 bits per heavy atom. The highest BCUT2D eigenvalue weighted by atomic mass is 32.1. The Kier molecular flexibility index (Phi) is 6.47. The lowest BCUT2D eigenvalue weighted by atomic mass is 10.0. The molecule has 6 rings (SSSR count). The van der Waals surface area contributed by atoms with Gasteiger partial charge < -0.3 is 14.5 Å². The van der Waals surface area contributed by atoms with E-state index in [4.69, 9.17) is 0 Å². The van der Waals surface area contributed by atoms with Crippen LogP contribution in [0, 0.1) is 0 Å². The molecular weight excluding hydrogens is 533 g/mol. The number of halogens is 3. The second-order valence-electron chi connectivity index (χ2n) is 9.40. The number of carbonyl (C=O) groups is 2. The summed E-state index contributed by atoms with van der Waals surface area (Å²) < 4.78 is 43.4. The molecule has 0 aliphatic carbocycles. The van der Waals surface area contributed by atoms with Crippen molar-refractivity contribution in [2.45, 2.75) is 12.4 Å². The van der Waals surface area contributed by atoms with Crippen LogP contribution in [0.5, 0.6) is 5.75 Å². The first-order valence-electron chi connectivity index (χ1n) is 12.3. The third kappa shape index (κ3) is 5.19. The predicted molar refractivity (Wildman–Crippen MR) is 137 cm³/mol. The second-order valence-corrected chi connectivity index (χ2v) is 10.3. The van der Waals surface area contributed by atoms with Crippen molar-refractivity contribution in [2.24, 2.45) is 0 Å². The van der Waals surface area contributed by atoms with E-state index in [9.17, 15) is 22.8 Å². The normalized spacial score (nSPS) is 16.9. The van der Waals surface area contributed by atoms with E-state index in [2.05, 4.69) is 19.7 Å². The molecule has 4 heterocycles. The van der Waals surface area contributed by atoms with Gasteiger partial charge in [-0.15, -0.1) is 24.5 Å². The standard InChI is InChI=1S/C26H23F3N6O3S/c27-26(28,29)38-21-3-1-2-19(13-21)35-22-5-4-17(12-18(22)14-31-35)24(36)34-15-20(16-34)32-7-9-33(10-8-32)25(37)23-30-6-11-39-23/h1-6,11-14,20H,7-10,15-16H2. The summed E-state index contributed by atoms with van der Waals surface area (Å²) in [6.07, 6.45) is -1.58. The van der Waals surface area contributed by atoms with Gasteiger partial charge in [0.2, 0.25) is 0 Å². The lowest BCUT2D eigenvalue weighted by molar-refractivity contribution is -0.274. The molecule has 0 atom stereocenters. The first-order valence-corrected chi connectivity index (χ1v) is 13.2. The van der Waals surface area contributed by atoms with Crippen LogP contribution in [0.4, 0.5) is 13.2 Å². The molecule has 13 heteroatoms. The Hall–Kier alpha value is -3.97. The summed E-state index contributed by atoms with van der Waals surface area (Å²) in [4.78, 5) is 35.7. The molecule has 202 valence electrons. The number of amides is 2. The van der Waals surface area contributed by atoms with E-state index in [0.29, 0.717) is 53.3 Å². The molecule has 39 heavy (non-hydrogen) atoms. The fourth-order valence-electron chi connectivity index (χ4n) is 4.97. The van der Waals surface area contributed by atoms with Gasteiger partial charge in [0.05, 0.1) is 17.4 Å². The maximum atomic E-state index is 13.1. The second kappa shape index (κ2) is 9.97. The van der Waals surface area contributed by atoms with Gasteiger partial charge in [-0.1, -0.05) is 6.07 Å². The summed E-state index contributed by atoms with van der Waals surface area (Å²) in [5.41, 5.74) is 1.58. The van der Waals surface area contributed by atoms with Gasteiger partial charge in [0.25, 0.3) is 11.8 Å². The highest BCUT2D eigenvalue weighted by Crippen LogP contribution is 2.27. The van der Waals surface area contributed by atoms with E-state index in [-0.39, 0.29) is 23.6 Å². The molecular formula is C26H23F3N6O3S. The van der Waals surface area contributed by atoms with Gasteiger partial charge in [0.15, 0.2) is 5.01 Å². The fraction of sp³-hybridized carbons (Fsp3) is 0.308. The predicted octanol–water partition coefficient (Wildman–Crippen LogP) is 3.66. The summed E-state index contributed by atoms with van der Waals surface area (Å²) in [6, 6.07) is 11.0. The number of fused-ring (bicyclic) bond motifs is 1. The van der Waals surface area contributed by atoms with Gasteiger partial charge in [0.1, 0.15) is 5.75 Å². The van der Waals surface area contributed by atoms with E-state index in [0.717, 1.165) is 13.1 Å². The Morgan fingerprint density at radius 1 is 0.974 bits per heavy atom. The summed E-state index contributed by atoms with van der Waals surface area (Å²) >= 11 is 1.34. The Bertz CT molecular complexity index is 1510. The molecule has 2 saturated heterocycles. The Labute approximate surface area is 225 Å². The number of likely N-dealkylation sites (tertiary alicyclic amines) is 1. The highest BCUT2D eigenvalue weighted by Gasteiger charge is 2.37. The number of hydrogen-bond donors (Lipinski definition) is 0. The van der Waals surface area contributed by atoms with E-state index in [1.54, 1.807) is 46.9 Å².